The van der Waals surface area contributed by atoms with Crippen LogP contribution in [-0.4, -0.2) is 58.9 Å². The molecule has 2 rings (SSSR count). The molecular weight excluding hydrogens is 262 g/mol. The molecule has 0 aromatic carbocycles. The zero-order chi connectivity index (χ0) is 15.7. The summed E-state index contributed by atoms with van der Waals surface area (Å²) in [6.07, 6.45) is 0. The third-order valence-electron chi connectivity index (χ3n) is 4.99. The monoisotopic (exact) mass is 291 g/mol. The summed E-state index contributed by atoms with van der Waals surface area (Å²) in [5.74, 6) is 0.256. The Morgan fingerprint density at radius 2 is 1.81 bits per heavy atom. The normalized spacial score (nSPS) is 24.5. The summed E-state index contributed by atoms with van der Waals surface area (Å²) in [6, 6.07) is 3.05. The quantitative estimate of drug-likeness (QED) is 0.797. The van der Waals surface area contributed by atoms with Gasteiger partial charge in [0.25, 0.3) is 0 Å². The molecule has 2 unspecified atom stereocenters. The molecule has 0 saturated carbocycles. The smallest absolute Gasteiger partial charge is 0.178 e. The highest BCUT2D eigenvalue weighted by Gasteiger charge is 2.28. The minimum Gasteiger partial charge on any atom is -0.349 e. The molecule has 4 heteroatoms. The molecule has 118 valence electrons. The molecule has 2 atom stereocenters. The van der Waals surface area contributed by atoms with Gasteiger partial charge in [0.1, 0.15) is 0 Å². The number of likely N-dealkylation sites (N-methyl/N-ethyl adjacent to an activating group) is 1. The fourth-order valence-corrected chi connectivity index (χ4v) is 3.50. The average Bonchev–Trinajstić information content (AvgIpc) is 2.70. The number of aromatic nitrogens is 1. The van der Waals surface area contributed by atoms with Crippen LogP contribution in [0.5, 0.6) is 0 Å². The van der Waals surface area contributed by atoms with Gasteiger partial charge in [-0.05, 0) is 47.7 Å². The van der Waals surface area contributed by atoms with E-state index >= 15 is 0 Å². The predicted molar refractivity (Wildman–Crippen MR) is 87.0 cm³/mol. The first kappa shape index (κ1) is 16.2. The van der Waals surface area contributed by atoms with E-state index < -0.39 is 0 Å². The maximum Gasteiger partial charge on any atom is 0.178 e. The van der Waals surface area contributed by atoms with Gasteiger partial charge in [-0.1, -0.05) is 0 Å². The van der Waals surface area contributed by atoms with Crippen LogP contribution in [0.2, 0.25) is 0 Å². The van der Waals surface area contributed by atoms with Crippen molar-refractivity contribution >= 4 is 5.78 Å². The topological polar surface area (TPSA) is 28.5 Å². The van der Waals surface area contributed by atoms with E-state index in [1.165, 1.54) is 5.69 Å². The first-order chi connectivity index (χ1) is 9.85. The molecule has 0 aliphatic carbocycles. The summed E-state index contributed by atoms with van der Waals surface area (Å²) in [5.41, 5.74) is 3.18. The van der Waals surface area contributed by atoms with Gasteiger partial charge in [0.05, 0.1) is 6.54 Å². The summed E-state index contributed by atoms with van der Waals surface area (Å²) >= 11 is 0. The van der Waals surface area contributed by atoms with Crippen molar-refractivity contribution in [2.45, 2.75) is 53.2 Å². The molecule has 0 bridgehead atoms. The van der Waals surface area contributed by atoms with E-state index in [1.807, 2.05) is 6.07 Å². The van der Waals surface area contributed by atoms with E-state index in [0.717, 1.165) is 30.9 Å². The van der Waals surface area contributed by atoms with E-state index in [9.17, 15) is 4.79 Å². The number of ketones is 1. The average molecular weight is 291 g/mol. The summed E-state index contributed by atoms with van der Waals surface area (Å²) in [6.45, 7) is 14.1. The zero-order valence-corrected chi connectivity index (χ0v) is 14.3. The second-order valence-electron chi connectivity index (χ2n) is 6.51. The Labute approximate surface area is 128 Å². The van der Waals surface area contributed by atoms with Crippen molar-refractivity contribution in [1.82, 2.24) is 14.4 Å². The molecule has 1 aromatic rings. The number of carbonyl (C=O) groups excluding carboxylic acids is 1. The van der Waals surface area contributed by atoms with Crippen molar-refractivity contribution in [3.8, 4) is 0 Å². The minimum atomic E-state index is 0.256. The number of carbonyl (C=O) groups is 1. The Morgan fingerprint density at radius 1 is 1.24 bits per heavy atom. The highest BCUT2D eigenvalue weighted by Crippen LogP contribution is 2.18. The van der Waals surface area contributed by atoms with Crippen LogP contribution < -0.4 is 0 Å². The molecule has 21 heavy (non-hydrogen) atoms. The van der Waals surface area contributed by atoms with Crippen LogP contribution >= 0.6 is 0 Å². The van der Waals surface area contributed by atoms with Gasteiger partial charge >= 0.3 is 0 Å². The number of hydrogen-bond donors (Lipinski definition) is 0. The molecular formula is C17H29N3O. The van der Waals surface area contributed by atoms with E-state index in [-0.39, 0.29) is 5.78 Å². The van der Waals surface area contributed by atoms with Gasteiger partial charge in [0, 0.05) is 48.7 Å². The number of nitrogens with zero attached hydrogens (tertiary/aromatic N) is 3. The first-order valence-electron chi connectivity index (χ1n) is 7.99. The molecule has 0 spiro atoms. The predicted octanol–water partition coefficient (Wildman–Crippen LogP) is 2.33. The fourth-order valence-electron chi connectivity index (χ4n) is 3.50. The summed E-state index contributed by atoms with van der Waals surface area (Å²) in [4.78, 5) is 17.3. The van der Waals surface area contributed by atoms with Gasteiger partial charge in [-0.3, -0.25) is 14.6 Å². The molecule has 1 aliphatic rings. The van der Waals surface area contributed by atoms with Gasteiger partial charge in [-0.25, -0.2) is 0 Å². The number of piperazine rings is 1. The lowest BCUT2D eigenvalue weighted by Crippen LogP contribution is -2.55. The minimum absolute atomic E-state index is 0.256. The highest BCUT2D eigenvalue weighted by molar-refractivity contribution is 5.99. The molecule has 4 nitrogen and oxygen atoms in total. The van der Waals surface area contributed by atoms with Crippen LogP contribution in [-0.2, 0) is 6.54 Å². The van der Waals surface area contributed by atoms with Gasteiger partial charge in [-0.15, -0.1) is 0 Å². The molecule has 1 saturated heterocycles. The van der Waals surface area contributed by atoms with E-state index in [0.29, 0.717) is 18.6 Å². The summed E-state index contributed by atoms with van der Waals surface area (Å²) < 4.78 is 2.21. The number of rotatable bonds is 4. The van der Waals surface area contributed by atoms with Crippen LogP contribution in [0.25, 0.3) is 0 Å². The Kier molecular flexibility index (Phi) is 4.89. The fraction of sp³-hybridized carbons (Fsp3) is 0.706. The SMILES string of the molecule is CCn1c(C)cc(C(=O)CN2CC(C)N(C)C(C)C2)c1C. The van der Waals surface area contributed by atoms with Gasteiger partial charge in [0.15, 0.2) is 5.78 Å². The zero-order valence-electron chi connectivity index (χ0n) is 14.3. The third kappa shape index (κ3) is 3.22. The van der Waals surface area contributed by atoms with Crippen molar-refractivity contribution in [2.24, 2.45) is 0 Å². The number of Topliss-reactive ketones (excluding diaryl/α,β-unsaturated/α-hetero) is 1. The van der Waals surface area contributed by atoms with Gasteiger partial charge in [0.2, 0.25) is 0 Å². The highest BCUT2D eigenvalue weighted by atomic mass is 16.1. The van der Waals surface area contributed by atoms with Crippen molar-refractivity contribution in [3.05, 3.63) is 23.0 Å². The lowest BCUT2D eigenvalue weighted by atomic mass is 10.1. The van der Waals surface area contributed by atoms with Crippen LogP contribution in [0.3, 0.4) is 0 Å². The Hall–Kier alpha value is -1.13. The van der Waals surface area contributed by atoms with Crippen molar-refractivity contribution < 1.29 is 4.79 Å². The number of hydrogen-bond acceptors (Lipinski definition) is 3. The van der Waals surface area contributed by atoms with Crippen LogP contribution in [0, 0.1) is 13.8 Å². The van der Waals surface area contributed by atoms with Crippen molar-refractivity contribution in [3.63, 3.8) is 0 Å². The van der Waals surface area contributed by atoms with E-state index in [2.05, 4.69) is 56.0 Å². The maximum atomic E-state index is 12.6. The summed E-state index contributed by atoms with van der Waals surface area (Å²) in [7, 11) is 2.17. The molecule has 0 amide bonds. The molecule has 1 aliphatic heterocycles. The van der Waals surface area contributed by atoms with Crippen LogP contribution in [0.1, 0.15) is 42.5 Å². The maximum absolute atomic E-state index is 12.6. The van der Waals surface area contributed by atoms with Gasteiger partial charge < -0.3 is 4.57 Å². The van der Waals surface area contributed by atoms with E-state index in [1.54, 1.807) is 0 Å². The summed E-state index contributed by atoms with van der Waals surface area (Å²) in [5, 5.41) is 0. The van der Waals surface area contributed by atoms with Crippen LogP contribution in [0.4, 0.5) is 0 Å². The van der Waals surface area contributed by atoms with E-state index in [4.69, 9.17) is 0 Å². The largest absolute Gasteiger partial charge is 0.349 e. The lowest BCUT2D eigenvalue weighted by Gasteiger charge is -2.42. The first-order valence-corrected chi connectivity index (χ1v) is 7.99. The second-order valence-corrected chi connectivity index (χ2v) is 6.51. The molecule has 2 heterocycles. The number of aryl methyl sites for hydroxylation is 1. The Morgan fingerprint density at radius 3 is 2.29 bits per heavy atom. The molecule has 0 radical (unpaired) electrons. The molecule has 1 fully saturated rings. The Balaban J connectivity index is 2.08. The molecule has 0 N–H and O–H groups in total. The second kappa shape index (κ2) is 6.32. The van der Waals surface area contributed by atoms with Crippen molar-refractivity contribution in [1.29, 1.82) is 0 Å². The Bertz CT molecular complexity index is 508. The van der Waals surface area contributed by atoms with Gasteiger partial charge in [-0.2, -0.15) is 0 Å². The third-order valence-corrected chi connectivity index (χ3v) is 4.99. The lowest BCUT2D eigenvalue weighted by molar-refractivity contribution is 0.0549. The molecule has 1 aromatic heterocycles. The standard InChI is InChI=1S/C17H29N3O/c1-7-20-12(2)8-16(15(20)5)17(21)11-19-9-13(3)18(6)14(4)10-19/h8,13-14H,7,9-11H2,1-6H3. The van der Waals surface area contributed by atoms with Crippen LogP contribution in [0.15, 0.2) is 6.07 Å². The van der Waals surface area contributed by atoms with Crippen molar-refractivity contribution in [2.75, 3.05) is 26.7 Å².